The normalized spacial score (nSPS) is 16.8. The lowest BCUT2D eigenvalue weighted by Crippen LogP contribution is -2.49. The van der Waals surface area contributed by atoms with Gasteiger partial charge in [0, 0.05) is 43.1 Å². The predicted octanol–water partition coefficient (Wildman–Crippen LogP) is 7.42. The minimum Gasteiger partial charge on any atom is -0.494 e. The van der Waals surface area contributed by atoms with Gasteiger partial charge in [0.2, 0.25) is 5.90 Å². The second-order valence-electron chi connectivity index (χ2n) is 12.6. The van der Waals surface area contributed by atoms with E-state index in [1.165, 1.54) is 12.1 Å². The molecule has 0 fully saturated rings. The number of rotatable bonds is 17. The Kier molecular flexibility index (Phi) is 12.6. The lowest BCUT2D eigenvalue weighted by atomic mass is 9.84. The maximum atomic E-state index is 14.6. The summed E-state index contributed by atoms with van der Waals surface area (Å²) in [6.45, 7) is 0.672. The molecule has 1 aliphatic rings. The average Bonchev–Trinajstić information content (AvgIpc) is 3.60. The van der Waals surface area contributed by atoms with Crippen LogP contribution in [0.15, 0.2) is 143 Å². The Morgan fingerprint density at radius 2 is 1.49 bits per heavy atom. The fourth-order valence-electron chi connectivity index (χ4n) is 6.05. The largest absolute Gasteiger partial charge is 0.494 e. The quantitative estimate of drug-likeness (QED) is 0.0951. The highest BCUT2D eigenvalue weighted by Gasteiger charge is 2.53. The summed E-state index contributed by atoms with van der Waals surface area (Å²) in [5, 5.41) is 12.2. The zero-order valence-corrected chi connectivity index (χ0v) is 30.7. The number of carbonyl (C=O) groups is 1. The molecule has 0 saturated carbocycles. The van der Waals surface area contributed by atoms with Gasteiger partial charge in [0.05, 0.1) is 17.3 Å². The second kappa shape index (κ2) is 17.7. The number of sulfone groups is 1. The van der Waals surface area contributed by atoms with Gasteiger partial charge in [-0.05, 0) is 70.8 Å². The molecule has 11 heteroatoms. The van der Waals surface area contributed by atoms with E-state index in [0.29, 0.717) is 48.0 Å². The number of amides is 1. The molecule has 0 aliphatic carbocycles. The summed E-state index contributed by atoms with van der Waals surface area (Å²) in [5.41, 5.74) is 2.60. The molecule has 0 bridgehead atoms. The summed E-state index contributed by atoms with van der Waals surface area (Å²) >= 11 is 1.59. The number of hydrogen-bond donors (Lipinski definition) is 2. The summed E-state index contributed by atoms with van der Waals surface area (Å²) in [4.78, 5) is 19.7. The highest BCUT2D eigenvalue weighted by Crippen LogP contribution is 2.43. The van der Waals surface area contributed by atoms with E-state index < -0.39 is 27.4 Å². The van der Waals surface area contributed by atoms with Crippen LogP contribution in [0, 0.1) is 5.82 Å². The third-order valence-electron chi connectivity index (χ3n) is 8.92. The molecule has 274 valence electrons. The van der Waals surface area contributed by atoms with Gasteiger partial charge in [-0.3, -0.25) is 4.79 Å². The van der Waals surface area contributed by atoms with Crippen LogP contribution in [-0.4, -0.2) is 62.1 Å². The minimum absolute atomic E-state index is 0.0214. The smallest absolute Gasteiger partial charge is 0.252 e. The average molecular weight is 753 g/mol. The van der Waals surface area contributed by atoms with Crippen molar-refractivity contribution in [3.63, 3.8) is 0 Å². The lowest BCUT2D eigenvalue weighted by molar-refractivity contribution is -0.128. The fourth-order valence-corrected chi connectivity index (χ4v) is 8.25. The number of ether oxygens (including phenoxy) is 2. The van der Waals surface area contributed by atoms with E-state index in [4.69, 9.17) is 19.6 Å². The first-order chi connectivity index (χ1) is 25.8. The third kappa shape index (κ3) is 9.53. The molecule has 5 aromatic rings. The first-order valence-corrected chi connectivity index (χ1v) is 20.2. The molecular weight excluding hydrogens is 712 g/mol. The van der Waals surface area contributed by atoms with Crippen LogP contribution in [0.25, 0.3) is 11.1 Å². The molecule has 0 radical (unpaired) electrons. The first kappa shape index (κ1) is 37.8. The highest BCUT2D eigenvalue weighted by molar-refractivity contribution is 7.98. The van der Waals surface area contributed by atoms with Crippen molar-refractivity contribution in [3.8, 4) is 16.9 Å². The van der Waals surface area contributed by atoms with Crippen molar-refractivity contribution in [1.82, 2.24) is 5.32 Å². The number of thioether (sulfide) groups is 1. The molecule has 1 heterocycles. The van der Waals surface area contributed by atoms with Crippen LogP contribution < -0.4 is 10.1 Å². The molecule has 0 aromatic heterocycles. The number of carbonyl (C=O) groups excluding carboxylic acids is 1. The Bertz CT molecular complexity index is 2080. The molecule has 1 aliphatic heterocycles. The number of nitrogens with zero attached hydrogens (tertiary/aromatic N) is 1. The molecule has 2 atom stereocenters. The van der Waals surface area contributed by atoms with Crippen LogP contribution in [0.5, 0.6) is 5.75 Å². The van der Waals surface area contributed by atoms with E-state index in [0.717, 1.165) is 16.7 Å². The van der Waals surface area contributed by atoms with Gasteiger partial charge in [-0.15, -0.1) is 0 Å². The Hall–Kier alpha value is -4.97. The number of aliphatic hydroxyl groups excluding tert-OH is 1. The molecule has 2 N–H and O–H groups in total. The molecule has 1 amide bonds. The molecule has 8 nitrogen and oxygen atoms in total. The Morgan fingerprint density at radius 1 is 0.849 bits per heavy atom. The van der Waals surface area contributed by atoms with Gasteiger partial charge in [-0.2, -0.15) is 11.8 Å². The van der Waals surface area contributed by atoms with Gasteiger partial charge in [0.1, 0.15) is 11.6 Å². The van der Waals surface area contributed by atoms with E-state index in [-0.39, 0.29) is 35.4 Å². The SMILES string of the molecule is O=C(NCCSCc1ccc(F)cc1)[C@]1(CCS(=O)(=O)c2ccccc2)N=C(c2ccc(OCCCO)cc2)O[C@@H]1c1ccc(-c2ccccc2)cc1. The molecule has 5 aromatic carbocycles. The van der Waals surface area contributed by atoms with Gasteiger partial charge in [-0.1, -0.05) is 84.9 Å². The fraction of sp³-hybridized carbons (Fsp3) is 0.238. The van der Waals surface area contributed by atoms with Gasteiger partial charge < -0.3 is 19.9 Å². The standard InChI is InChI=1S/C42H41FN2O6S2/c43-36-20-12-31(13-21-36)30-52-28-25-44-41(47)42(24-29-53(48,49)38-10-5-2-6-11-38)39(34-16-14-33(15-17-34)32-8-3-1-4-9-32)51-40(45-42)35-18-22-37(23-19-35)50-27-7-26-46/h1-6,8-23,39,46H,7,24-30H2,(H,44,47)/t39-,42-/m1/s1. The van der Waals surface area contributed by atoms with Crippen molar-refractivity contribution in [2.45, 2.75) is 35.1 Å². The van der Waals surface area contributed by atoms with Crippen molar-refractivity contribution >= 4 is 33.4 Å². The van der Waals surface area contributed by atoms with Crippen molar-refractivity contribution in [2.75, 3.05) is 31.3 Å². The van der Waals surface area contributed by atoms with Gasteiger partial charge in [0.15, 0.2) is 21.5 Å². The lowest BCUT2D eigenvalue weighted by Gasteiger charge is -2.30. The first-order valence-electron chi connectivity index (χ1n) is 17.4. The van der Waals surface area contributed by atoms with Gasteiger partial charge in [0.25, 0.3) is 5.91 Å². The van der Waals surface area contributed by atoms with Crippen LogP contribution >= 0.6 is 11.8 Å². The second-order valence-corrected chi connectivity index (χ2v) is 15.8. The Morgan fingerprint density at radius 3 is 2.17 bits per heavy atom. The zero-order chi connectivity index (χ0) is 37.1. The number of nitrogens with one attached hydrogen (secondary N) is 1. The third-order valence-corrected chi connectivity index (χ3v) is 11.7. The number of halogens is 1. The van der Waals surface area contributed by atoms with Gasteiger partial charge in [-0.25, -0.2) is 17.8 Å². The zero-order valence-electron chi connectivity index (χ0n) is 29.1. The number of hydrogen-bond acceptors (Lipinski definition) is 8. The Labute approximate surface area is 314 Å². The summed E-state index contributed by atoms with van der Waals surface area (Å²) in [6.07, 6.45) is -0.590. The maximum Gasteiger partial charge on any atom is 0.252 e. The molecule has 0 spiro atoms. The Balaban J connectivity index is 1.32. The van der Waals surface area contributed by atoms with Crippen molar-refractivity contribution < 1.29 is 32.2 Å². The maximum absolute atomic E-state index is 14.6. The van der Waals surface area contributed by atoms with Crippen LogP contribution in [-0.2, 0) is 25.1 Å². The minimum atomic E-state index is -3.80. The van der Waals surface area contributed by atoms with Crippen LogP contribution in [0.2, 0.25) is 0 Å². The molecule has 0 saturated heterocycles. The van der Waals surface area contributed by atoms with E-state index in [9.17, 15) is 17.6 Å². The van der Waals surface area contributed by atoms with E-state index in [1.807, 2.05) is 54.6 Å². The van der Waals surface area contributed by atoms with E-state index in [2.05, 4.69) is 5.32 Å². The number of aliphatic imine (C=N–C) groups is 1. The van der Waals surface area contributed by atoms with E-state index in [1.54, 1.807) is 78.5 Å². The number of benzene rings is 5. The summed E-state index contributed by atoms with van der Waals surface area (Å²) in [6, 6.07) is 39.2. The highest BCUT2D eigenvalue weighted by atomic mass is 32.2. The predicted molar refractivity (Wildman–Crippen MR) is 207 cm³/mol. The van der Waals surface area contributed by atoms with Crippen molar-refractivity contribution in [2.24, 2.45) is 4.99 Å². The topological polar surface area (TPSA) is 114 Å². The van der Waals surface area contributed by atoms with E-state index >= 15 is 0 Å². The molecule has 6 rings (SSSR count). The molecule has 53 heavy (non-hydrogen) atoms. The molecular formula is C42H41FN2O6S2. The number of aliphatic hydroxyl groups is 1. The summed E-state index contributed by atoms with van der Waals surface area (Å²) in [7, 11) is -3.80. The van der Waals surface area contributed by atoms with Crippen LogP contribution in [0.1, 0.15) is 35.6 Å². The van der Waals surface area contributed by atoms with Crippen LogP contribution in [0.4, 0.5) is 4.39 Å². The van der Waals surface area contributed by atoms with Crippen LogP contribution in [0.3, 0.4) is 0 Å². The summed E-state index contributed by atoms with van der Waals surface area (Å²) < 4.78 is 53.0. The van der Waals surface area contributed by atoms with Crippen molar-refractivity contribution in [3.05, 3.63) is 156 Å². The summed E-state index contributed by atoms with van der Waals surface area (Å²) in [5.74, 6) is 0.924. The van der Waals surface area contributed by atoms with Crippen molar-refractivity contribution in [1.29, 1.82) is 0 Å². The molecule has 0 unspecified atom stereocenters. The van der Waals surface area contributed by atoms with Gasteiger partial charge >= 0.3 is 0 Å². The monoisotopic (exact) mass is 752 g/mol.